The largest absolute Gasteiger partial charge is 1.00 e. The number of hydrogen-bond donors (Lipinski definition) is 1. The first-order valence-corrected chi connectivity index (χ1v) is 5.19. The van der Waals surface area contributed by atoms with Crippen LogP contribution in [0.15, 0.2) is 36.4 Å². The second-order valence-corrected chi connectivity index (χ2v) is 3.26. The number of ketones is 2. The van der Waals surface area contributed by atoms with Crippen molar-refractivity contribution in [1.82, 2.24) is 0 Å². The van der Waals surface area contributed by atoms with Crippen LogP contribution in [0, 0.1) is 0 Å². The summed E-state index contributed by atoms with van der Waals surface area (Å²) in [5.41, 5.74) is 1.01. The molecule has 0 radical (unpaired) electrons. The molecule has 1 atom stereocenters. The second kappa shape index (κ2) is 13.2. The molecule has 1 aromatic rings. The predicted molar refractivity (Wildman–Crippen MR) is 66.6 cm³/mol. The van der Waals surface area contributed by atoms with Crippen molar-refractivity contribution < 1.29 is 68.9 Å². The molecule has 0 aromatic heterocycles. The average molecular weight is 316 g/mol. The first-order valence-electron chi connectivity index (χ1n) is 4.16. The van der Waals surface area contributed by atoms with Gasteiger partial charge in [-0.2, -0.15) is 0 Å². The van der Waals surface area contributed by atoms with Crippen LogP contribution < -0.4 is 29.6 Å². The van der Waals surface area contributed by atoms with E-state index in [0.29, 0.717) is 11.1 Å². The standard InChI is InChI=1S/C10H6O2.Na.H2O3S.3H2O/c11-9-5-6-10(12)8-4-2-1-3-7(8)9;;1-4(2)3;;;/h1-6H;;(H2,1,2,3);3*1H2/q;+1;;;;/p-1. The van der Waals surface area contributed by atoms with E-state index in [4.69, 9.17) is 13.3 Å². The van der Waals surface area contributed by atoms with Crippen LogP contribution in [0.1, 0.15) is 20.7 Å². The normalized spacial score (nSPS) is 11.9. The molecule has 0 bridgehead atoms. The molecule has 8 nitrogen and oxygen atoms in total. The zero-order valence-electron chi connectivity index (χ0n) is 10.5. The molecule has 7 N–H and O–H groups in total. The summed E-state index contributed by atoms with van der Waals surface area (Å²) < 4.78 is 24.1. The summed E-state index contributed by atoms with van der Waals surface area (Å²) in [5.74, 6) is -0.185. The minimum absolute atomic E-state index is 0. The summed E-state index contributed by atoms with van der Waals surface area (Å²) >= 11 is -2.86. The molecular formula is C10H13NaO8S. The molecule has 10 heteroatoms. The van der Waals surface area contributed by atoms with E-state index < -0.39 is 11.4 Å². The van der Waals surface area contributed by atoms with Crippen molar-refractivity contribution in [2.75, 3.05) is 0 Å². The van der Waals surface area contributed by atoms with Crippen LogP contribution in [0.2, 0.25) is 0 Å². The van der Waals surface area contributed by atoms with Gasteiger partial charge < -0.3 is 25.5 Å². The molecule has 1 aliphatic rings. The van der Waals surface area contributed by atoms with Crippen molar-refractivity contribution in [2.24, 2.45) is 0 Å². The quantitative estimate of drug-likeness (QED) is 0.372. The fourth-order valence-electron chi connectivity index (χ4n) is 1.24. The summed E-state index contributed by atoms with van der Waals surface area (Å²) in [4.78, 5) is 22.4. The van der Waals surface area contributed by atoms with Crippen LogP contribution >= 0.6 is 0 Å². The van der Waals surface area contributed by atoms with E-state index in [0.717, 1.165) is 0 Å². The zero-order valence-corrected chi connectivity index (χ0v) is 13.3. The minimum atomic E-state index is -2.86. The second-order valence-electron chi connectivity index (χ2n) is 2.82. The smallest absolute Gasteiger partial charge is 0.750 e. The van der Waals surface area contributed by atoms with Gasteiger partial charge >= 0.3 is 29.6 Å². The molecule has 0 saturated carbocycles. The number of carbonyl (C=O) groups excluding carboxylic acids is 2. The third kappa shape index (κ3) is 8.43. The van der Waals surface area contributed by atoms with Crippen LogP contribution in [0.3, 0.4) is 0 Å². The SMILES string of the molecule is O.O.O.O=C1C=CC(=O)c2ccccc21.O=S([O-])O.[Na+]. The van der Waals surface area contributed by atoms with Gasteiger partial charge in [-0.3, -0.25) is 9.59 Å². The Bertz CT molecular complexity index is 447. The van der Waals surface area contributed by atoms with E-state index in [9.17, 15) is 9.59 Å². The molecule has 0 saturated heterocycles. The van der Waals surface area contributed by atoms with Gasteiger partial charge in [0.1, 0.15) is 0 Å². The van der Waals surface area contributed by atoms with Crippen molar-refractivity contribution in [3.05, 3.63) is 47.5 Å². The Balaban J connectivity index is -0.000000145. The van der Waals surface area contributed by atoms with Crippen molar-refractivity contribution in [3.8, 4) is 0 Å². The first-order chi connectivity index (χ1) is 7.52. The summed E-state index contributed by atoms with van der Waals surface area (Å²) in [6.07, 6.45) is 2.62. The van der Waals surface area contributed by atoms with Gasteiger partial charge in [-0.05, 0) is 12.2 Å². The molecule has 0 fully saturated rings. The summed E-state index contributed by atoms with van der Waals surface area (Å²) in [6.45, 7) is 0. The summed E-state index contributed by atoms with van der Waals surface area (Å²) in [6, 6.07) is 6.84. The first kappa shape index (κ1) is 27.6. The monoisotopic (exact) mass is 316 g/mol. The van der Waals surface area contributed by atoms with Crippen molar-refractivity contribution in [3.63, 3.8) is 0 Å². The summed E-state index contributed by atoms with van der Waals surface area (Å²) in [5, 5.41) is 0. The topological polar surface area (TPSA) is 189 Å². The molecule has 0 amide bonds. The Morgan fingerprint density at radius 3 is 1.40 bits per heavy atom. The van der Waals surface area contributed by atoms with Gasteiger partial charge in [0.15, 0.2) is 11.6 Å². The van der Waals surface area contributed by atoms with Crippen molar-refractivity contribution in [1.29, 1.82) is 0 Å². The van der Waals surface area contributed by atoms with Crippen molar-refractivity contribution >= 4 is 22.9 Å². The summed E-state index contributed by atoms with van der Waals surface area (Å²) in [7, 11) is 0. The van der Waals surface area contributed by atoms with Crippen LogP contribution in [-0.4, -0.2) is 41.3 Å². The number of carbonyl (C=O) groups is 2. The minimum Gasteiger partial charge on any atom is -0.750 e. The zero-order chi connectivity index (χ0) is 12.1. The van der Waals surface area contributed by atoms with Gasteiger partial charge in [-0.1, -0.05) is 24.3 Å². The average Bonchev–Trinajstić information content (AvgIpc) is 2.23. The maximum absolute atomic E-state index is 11.2. The molecule has 1 unspecified atom stereocenters. The Morgan fingerprint density at radius 1 is 0.900 bits per heavy atom. The molecule has 20 heavy (non-hydrogen) atoms. The number of allylic oxidation sites excluding steroid dienone is 2. The van der Waals surface area contributed by atoms with E-state index in [-0.39, 0.29) is 57.6 Å². The van der Waals surface area contributed by atoms with Gasteiger partial charge in [-0.25, -0.2) is 4.21 Å². The van der Waals surface area contributed by atoms with E-state index in [1.165, 1.54) is 12.2 Å². The maximum atomic E-state index is 11.2. The van der Waals surface area contributed by atoms with E-state index in [2.05, 4.69) is 0 Å². The Hall–Kier alpha value is -0.750. The molecule has 0 aliphatic heterocycles. The van der Waals surface area contributed by atoms with Crippen LogP contribution in [0.4, 0.5) is 0 Å². The Labute approximate surface area is 139 Å². The van der Waals surface area contributed by atoms with Crippen LogP contribution in [0.5, 0.6) is 0 Å². The number of benzene rings is 1. The van der Waals surface area contributed by atoms with E-state index in [1.54, 1.807) is 24.3 Å². The van der Waals surface area contributed by atoms with Gasteiger partial charge in [0.05, 0.1) is 11.4 Å². The molecule has 108 valence electrons. The van der Waals surface area contributed by atoms with E-state index in [1.807, 2.05) is 0 Å². The molecular weight excluding hydrogens is 303 g/mol. The van der Waals surface area contributed by atoms with Crippen LogP contribution in [-0.2, 0) is 11.4 Å². The molecule has 2 rings (SSSR count). The fraction of sp³-hybridized carbons (Fsp3) is 0. The third-order valence-corrected chi connectivity index (χ3v) is 1.84. The molecule has 0 heterocycles. The maximum Gasteiger partial charge on any atom is 1.00 e. The van der Waals surface area contributed by atoms with Crippen molar-refractivity contribution in [2.45, 2.75) is 0 Å². The van der Waals surface area contributed by atoms with Crippen LogP contribution in [0.25, 0.3) is 0 Å². The van der Waals surface area contributed by atoms with Gasteiger partial charge in [-0.15, -0.1) is 0 Å². The third-order valence-electron chi connectivity index (χ3n) is 1.84. The van der Waals surface area contributed by atoms with Gasteiger partial charge in [0.25, 0.3) is 0 Å². The number of rotatable bonds is 0. The Kier molecular flexibility index (Phi) is 18.3. The number of hydrogen-bond acceptors (Lipinski definition) is 4. The molecule has 0 spiro atoms. The Morgan fingerprint density at radius 2 is 1.15 bits per heavy atom. The van der Waals surface area contributed by atoms with E-state index >= 15 is 0 Å². The fourth-order valence-corrected chi connectivity index (χ4v) is 1.24. The predicted octanol–water partition coefficient (Wildman–Crippen LogP) is -4.51. The van der Waals surface area contributed by atoms with Gasteiger partial charge in [0.2, 0.25) is 0 Å². The molecule has 1 aromatic carbocycles. The van der Waals surface area contributed by atoms with Gasteiger partial charge in [0, 0.05) is 11.1 Å². The molecule has 1 aliphatic carbocycles. The number of fused-ring (bicyclic) bond motifs is 1.